The van der Waals surface area contributed by atoms with Crippen LogP contribution >= 0.6 is 0 Å². The number of aromatic nitrogens is 2. The van der Waals surface area contributed by atoms with Gasteiger partial charge in [0, 0.05) is 6.04 Å². The van der Waals surface area contributed by atoms with Crippen molar-refractivity contribution in [2.24, 2.45) is 0 Å². The highest BCUT2D eigenvalue weighted by Crippen LogP contribution is 2.24. The molecule has 0 aromatic carbocycles. The monoisotopic (exact) mass is 184 g/mol. The van der Waals surface area contributed by atoms with Crippen LogP contribution in [-0.4, -0.2) is 36.4 Å². The number of nitrogens with zero attached hydrogens (tertiary/aromatic N) is 2. The molecule has 1 aliphatic heterocycles. The van der Waals surface area contributed by atoms with Crippen LogP contribution in [-0.2, 0) is 4.74 Å². The van der Waals surface area contributed by atoms with Crippen molar-refractivity contribution in [1.29, 1.82) is 0 Å². The van der Waals surface area contributed by atoms with E-state index in [2.05, 4.69) is 15.5 Å². The minimum absolute atomic E-state index is 0.120. The first-order chi connectivity index (χ1) is 6.31. The van der Waals surface area contributed by atoms with Crippen LogP contribution in [0, 0.1) is 0 Å². The summed E-state index contributed by atoms with van der Waals surface area (Å²) in [6, 6.07) is 0.236. The van der Waals surface area contributed by atoms with E-state index in [4.69, 9.17) is 15.0 Å². The summed E-state index contributed by atoms with van der Waals surface area (Å²) >= 11 is 0. The summed E-state index contributed by atoms with van der Waals surface area (Å²) < 4.78 is 10.3. The number of ether oxygens (including phenoxy) is 1. The fourth-order valence-electron chi connectivity index (χ4n) is 1.48. The zero-order chi connectivity index (χ0) is 9.26. The minimum atomic E-state index is 0.120. The molecule has 6 nitrogen and oxygen atoms in total. The number of anilines is 1. The molecule has 0 saturated carbocycles. The van der Waals surface area contributed by atoms with Gasteiger partial charge in [0.25, 0.3) is 5.95 Å². The van der Waals surface area contributed by atoms with Gasteiger partial charge in [-0.15, -0.1) is 0 Å². The van der Waals surface area contributed by atoms with Crippen LogP contribution in [0.4, 0.5) is 5.95 Å². The van der Waals surface area contributed by atoms with E-state index in [1.807, 2.05) is 7.05 Å². The van der Waals surface area contributed by atoms with Crippen molar-refractivity contribution in [3.05, 3.63) is 5.89 Å². The Hall–Kier alpha value is -1.14. The van der Waals surface area contributed by atoms with Gasteiger partial charge in [0.2, 0.25) is 5.89 Å². The van der Waals surface area contributed by atoms with Crippen molar-refractivity contribution in [3.8, 4) is 0 Å². The van der Waals surface area contributed by atoms with E-state index in [0.717, 1.165) is 0 Å². The molecule has 2 unspecified atom stereocenters. The normalized spacial score (nSPS) is 28.1. The highest BCUT2D eigenvalue weighted by molar-refractivity contribution is 5.14. The van der Waals surface area contributed by atoms with Crippen molar-refractivity contribution in [2.75, 3.05) is 26.0 Å². The molecule has 6 heteroatoms. The molecule has 2 atom stereocenters. The lowest BCUT2D eigenvalue weighted by Gasteiger charge is -2.11. The van der Waals surface area contributed by atoms with Crippen LogP contribution in [0.1, 0.15) is 11.8 Å². The molecule has 1 aliphatic rings. The lowest BCUT2D eigenvalue weighted by molar-refractivity contribution is 0.185. The SMILES string of the molecule is CNC1COCC1c1nc(N)no1. The molecule has 3 N–H and O–H groups in total. The first-order valence-corrected chi connectivity index (χ1v) is 4.15. The van der Waals surface area contributed by atoms with Gasteiger partial charge in [-0.3, -0.25) is 0 Å². The van der Waals surface area contributed by atoms with Gasteiger partial charge in [-0.05, 0) is 12.2 Å². The van der Waals surface area contributed by atoms with Crippen molar-refractivity contribution in [1.82, 2.24) is 15.5 Å². The van der Waals surface area contributed by atoms with Gasteiger partial charge in [0.1, 0.15) is 0 Å². The zero-order valence-electron chi connectivity index (χ0n) is 7.36. The molecule has 1 aromatic heterocycles. The molecule has 1 saturated heterocycles. The maximum absolute atomic E-state index is 5.36. The fourth-order valence-corrected chi connectivity index (χ4v) is 1.48. The van der Waals surface area contributed by atoms with E-state index >= 15 is 0 Å². The first-order valence-electron chi connectivity index (χ1n) is 4.15. The summed E-state index contributed by atoms with van der Waals surface area (Å²) in [6.07, 6.45) is 0. The lowest BCUT2D eigenvalue weighted by Crippen LogP contribution is -2.31. The van der Waals surface area contributed by atoms with Crippen LogP contribution in [0.3, 0.4) is 0 Å². The number of nitrogens with one attached hydrogen (secondary N) is 1. The average molecular weight is 184 g/mol. The van der Waals surface area contributed by atoms with Crippen LogP contribution in [0.2, 0.25) is 0 Å². The topological polar surface area (TPSA) is 86.2 Å². The Balaban J connectivity index is 2.15. The van der Waals surface area contributed by atoms with E-state index in [1.165, 1.54) is 0 Å². The number of nitrogen functional groups attached to an aromatic ring is 1. The highest BCUT2D eigenvalue weighted by Gasteiger charge is 2.32. The van der Waals surface area contributed by atoms with Crippen LogP contribution < -0.4 is 11.1 Å². The number of nitrogens with two attached hydrogens (primary N) is 1. The van der Waals surface area contributed by atoms with Crippen LogP contribution in [0.15, 0.2) is 4.52 Å². The summed E-state index contributed by atoms with van der Waals surface area (Å²) in [7, 11) is 1.88. The Bertz CT molecular complexity index is 288. The van der Waals surface area contributed by atoms with E-state index in [1.54, 1.807) is 0 Å². The van der Waals surface area contributed by atoms with Crippen LogP contribution in [0.5, 0.6) is 0 Å². The number of likely N-dealkylation sites (N-methyl/N-ethyl adjacent to an activating group) is 1. The smallest absolute Gasteiger partial charge is 0.260 e. The Morgan fingerprint density at radius 2 is 2.38 bits per heavy atom. The molecular formula is C7H12N4O2. The van der Waals surface area contributed by atoms with E-state index < -0.39 is 0 Å². The second kappa shape index (κ2) is 3.31. The fraction of sp³-hybridized carbons (Fsp3) is 0.714. The summed E-state index contributed by atoms with van der Waals surface area (Å²) in [5.41, 5.74) is 5.36. The largest absolute Gasteiger partial charge is 0.379 e. The Labute approximate surface area is 75.4 Å². The van der Waals surface area contributed by atoms with Crippen molar-refractivity contribution >= 4 is 5.95 Å². The van der Waals surface area contributed by atoms with Gasteiger partial charge in [-0.2, -0.15) is 4.98 Å². The molecule has 2 heterocycles. The molecule has 0 spiro atoms. The molecule has 0 amide bonds. The molecule has 1 fully saturated rings. The van der Waals surface area contributed by atoms with Crippen molar-refractivity contribution in [2.45, 2.75) is 12.0 Å². The molecule has 13 heavy (non-hydrogen) atoms. The Kier molecular flexibility index (Phi) is 2.15. The standard InChI is InChI=1S/C7H12N4O2/c1-9-5-3-12-2-4(5)6-10-7(8)11-13-6/h4-5,9H,2-3H2,1H3,(H2,8,11). The van der Waals surface area contributed by atoms with E-state index in [-0.39, 0.29) is 17.9 Å². The maximum Gasteiger partial charge on any atom is 0.260 e. The van der Waals surface area contributed by atoms with Crippen molar-refractivity contribution < 1.29 is 9.26 Å². The first kappa shape index (κ1) is 8.46. The van der Waals surface area contributed by atoms with Gasteiger partial charge in [-0.1, -0.05) is 0 Å². The molecular weight excluding hydrogens is 172 g/mol. The highest BCUT2D eigenvalue weighted by atomic mass is 16.5. The Morgan fingerprint density at radius 1 is 1.54 bits per heavy atom. The summed E-state index contributed by atoms with van der Waals surface area (Å²) in [6.45, 7) is 1.27. The van der Waals surface area contributed by atoms with E-state index in [0.29, 0.717) is 19.1 Å². The minimum Gasteiger partial charge on any atom is -0.379 e. The average Bonchev–Trinajstić information content (AvgIpc) is 2.71. The lowest BCUT2D eigenvalue weighted by atomic mass is 10.0. The van der Waals surface area contributed by atoms with Crippen LogP contribution in [0.25, 0.3) is 0 Å². The molecule has 0 aliphatic carbocycles. The predicted molar refractivity (Wildman–Crippen MR) is 45.1 cm³/mol. The third kappa shape index (κ3) is 1.50. The van der Waals surface area contributed by atoms with E-state index in [9.17, 15) is 0 Å². The van der Waals surface area contributed by atoms with Gasteiger partial charge in [0.15, 0.2) is 0 Å². The number of rotatable bonds is 2. The number of hydrogen-bond donors (Lipinski definition) is 2. The van der Waals surface area contributed by atoms with Gasteiger partial charge in [0.05, 0.1) is 19.1 Å². The molecule has 1 aromatic rings. The third-order valence-corrected chi connectivity index (χ3v) is 2.23. The molecule has 72 valence electrons. The summed E-state index contributed by atoms with van der Waals surface area (Å²) in [4.78, 5) is 3.97. The molecule has 2 rings (SSSR count). The van der Waals surface area contributed by atoms with Gasteiger partial charge in [-0.25, -0.2) is 0 Å². The third-order valence-electron chi connectivity index (χ3n) is 2.23. The van der Waals surface area contributed by atoms with Gasteiger partial charge < -0.3 is 20.3 Å². The second-order valence-corrected chi connectivity index (χ2v) is 3.03. The molecule has 0 radical (unpaired) electrons. The molecule has 0 bridgehead atoms. The summed E-state index contributed by atoms with van der Waals surface area (Å²) in [5, 5.41) is 6.67. The zero-order valence-corrected chi connectivity index (χ0v) is 7.36. The predicted octanol–water partition coefficient (Wildman–Crippen LogP) is -0.646. The number of hydrogen-bond acceptors (Lipinski definition) is 6. The summed E-state index contributed by atoms with van der Waals surface area (Å²) in [5.74, 6) is 0.848. The quantitative estimate of drug-likeness (QED) is 0.635. The second-order valence-electron chi connectivity index (χ2n) is 3.03. The van der Waals surface area contributed by atoms with Crippen molar-refractivity contribution in [3.63, 3.8) is 0 Å². The Morgan fingerprint density at radius 3 is 3.00 bits per heavy atom. The van der Waals surface area contributed by atoms with Gasteiger partial charge >= 0.3 is 0 Å². The maximum atomic E-state index is 5.36.